The first-order chi connectivity index (χ1) is 16.5. The van der Waals surface area contributed by atoms with E-state index < -0.39 is 48.0 Å². The van der Waals surface area contributed by atoms with Gasteiger partial charge in [-0.1, -0.05) is 54.4 Å². The van der Waals surface area contributed by atoms with E-state index in [1.54, 1.807) is 0 Å². The van der Waals surface area contributed by atoms with Crippen LogP contribution in [0.25, 0.3) is 0 Å². The number of carbonyl (C=O) groups is 4. The summed E-state index contributed by atoms with van der Waals surface area (Å²) in [5.74, 6) is -3.94. The van der Waals surface area contributed by atoms with Crippen LogP contribution in [0.2, 0.25) is 0 Å². The molecular weight excluding hydrogens is 472 g/mol. The lowest BCUT2D eigenvalue weighted by Crippen LogP contribution is -2.70. The van der Waals surface area contributed by atoms with Gasteiger partial charge in [-0.15, -0.1) is 0 Å². The Hall–Kier alpha value is -2.28. The highest BCUT2D eigenvalue weighted by molar-refractivity contribution is 5.70. The number of quaternary nitrogens is 4. The number of unbranched alkanes of at least 4 members (excludes halogenated alkanes) is 2. The van der Waals surface area contributed by atoms with Gasteiger partial charge in [-0.2, -0.15) is 0 Å². The van der Waals surface area contributed by atoms with Gasteiger partial charge in [0.05, 0.1) is 23.9 Å². The molecule has 0 radical (unpaired) electrons. The molecule has 0 saturated carbocycles. The molecule has 0 aliphatic carbocycles. The lowest BCUT2D eigenvalue weighted by molar-refractivity contribution is -0.447. The first kappa shape index (κ1) is 40.9. The number of rotatable bonds is 14. The van der Waals surface area contributed by atoms with E-state index in [2.05, 4.69) is 22.9 Å². The molecule has 0 heterocycles. The maximum atomic E-state index is 10.1. The molecular formula is C24H52N4O8. The van der Waals surface area contributed by atoms with Crippen molar-refractivity contribution in [1.82, 2.24) is 0 Å². The summed E-state index contributed by atoms with van der Waals surface area (Å²) in [6, 6.07) is -2.17. The molecule has 0 bridgehead atoms. The Morgan fingerprint density at radius 3 is 0.917 bits per heavy atom. The van der Waals surface area contributed by atoms with Crippen molar-refractivity contribution in [3.05, 3.63) is 0 Å². The molecule has 0 aromatic carbocycles. The average Bonchev–Trinajstić information content (AvgIpc) is 2.84. The highest BCUT2D eigenvalue weighted by atomic mass is 16.4. The molecule has 6 atom stereocenters. The highest BCUT2D eigenvalue weighted by Gasteiger charge is 2.15. The minimum atomic E-state index is -1.05. The van der Waals surface area contributed by atoms with Gasteiger partial charge in [0.15, 0.2) is 0 Å². The summed E-state index contributed by atoms with van der Waals surface area (Å²) in [6.45, 7) is 11.6. The second kappa shape index (κ2) is 25.8. The Kier molecular flexibility index (Phi) is 29.3. The van der Waals surface area contributed by atoms with E-state index in [1.165, 1.54) is 0 Å². The van der Waals surface area contributed by atoms with E-state index in [-0.39, 0.29) is 11.8 Å². The monoisotopic (exact) mass is 524 g/mol. The molecule has 12 N–H and O–H groups in total. The van der Waals surface area contributed by atoms with E-state index in [4.69, 9.17) is 0 Å². The Bertz CT molecular complexity index is 542. The van der Waals surface area contributed by atoms with Crippen LogP contribution in [0.1, 0.15) is 92.9 Å². The summed E-state index contributed by atoms with van der Waals surface area (Å²) in [5.41, 5.74) is 13.7. The van der Waals surface area contributed by atoms with Gasteiger partial charge in [0, 0.05) is 24.7 Å². The van der Waals surface area contributed by atoms with Gasteiger partial charge in [0.2, 0.25) is 0 Å². The molecule has 0 fully saturated rings. The van der Waals surface area contributed by atoms with Crippen LogP contribution in [0.3, 0.4) is 0 Å². The van der Waals surface area contributed by atoms with Gasteiger partial charge in [0.25, 0.3) is 0 Å². The molecule has 0 aromatic rings. The second-order valence-corrected chi connectivity index (χ2v) is 8.94. The Balaban J connectivity index is -0.000000190. The van der Waals surface area contributed by atoms with Crippen LogP contribution in [0.4, 0.5) is 0 Å². The van der Waals surface area contributed by atoms with Crippen LogP contribution < -0.4 is 43.4 Å². The molecule has 0 saturated heterocycles. The van der Waals surface area contributed by atoms with Crippen molar-refractivity contribution in [1.29, 1.82) is 0 Å². The van der Waals surface area contributed by atoms with Crippen LogP contribution >= 0.6 is 0 Å². The van der Waals surface area contributed by atoms with Crippen molar-refractivity contribution in [2.75, 3.05) is 0 Å². The van der Waals surface area contributed by atoms with Crippen LogP contribution in [0, 0.1) is 11.8 Å². The molecule has 0 spiro atoms. The fraction of sp³-hybridized carbons (Fsp3) is 0.833. The van der Waals surface area contributed by atoms with Gasteiger partial charge < -0.3 is 62.5 Å². The molecule has 0 aliphatic rings. The number of hydrogen-bond donors (Lipinski definition) is 4. The standard InChI is InChI=1S/4C6H13NO2/c2*1-3-4(2)5(7)6(8)9;2*1-2-3-4-5(7)6(8)9/h2*4-5H,3,7H2,1-2H3,(H,8,9);2*5H,2-4,7H2,1H3,(H,8,9)/t2*4-,5-;2*5-/m0011/s1. The zero-order chi connectivity index (χ0) is 29.4. The van der Waals surface area contributed by atoms with Gasteiger partial charge in [0.1, 0.15) is 24.2 Å². The molecule has 0 rings (SSSR count). The van der Waals surface area contributed by atoms with Crippen molar-refractivity contribution in [2.24, 2.45) is 11.8 Å². The number of hydrogen-bond acceptors (Lipinski definition) is 8. The number of carbonyl (C=O) groups excluding carboxylic acids is 4. The Morgan fingerprint density at radius 2 is 0.806 bits per heavy atom. The maximum Gasteiger partial charge on any atom is 0.127 e. The van der Waals surface area contributed by atoms with Crippen LogP contribution in [-0.2, 0) is 19.2 Å². The summed E-state index contributed by atoms with van der Waals surface area (Å²) in [5, 5.41) is 40.3. The van der Waals surface area contributed by atoms with E-state index >= 15 is 0 Å². The van der Waals surface area contributed by atoms with Crippen LogP contribution in [0.5, 0.6) is 0 Å². The van der Waals surface area contributed by atoms with E-state index in [9.17, 15) is 39.6 Å². The third kappa shape index (κ3) is 26.3. The van der Waals surface area contributed by atoms with Gasteiger partial charge in [-0.25, -0.2) is 0 Å². The minimum Gasteiger partial charge on any atom is -0.544 e. The van der Waals surface area contributed by atoms with Gasteiger partial charge >= 0.3 is 0 Å². The molecule has 12 heteroatoms. The Labute approximate surface area is 215 Å². The molecule has 216 valence electrons. The van der Waals surface area contributed by atoms with Crippen LogP contribution in [-0.4, -0.2) is 48.0 Å². The summed E-state index contributed by atoms with van der Waals surface area (Å²) in [4.78, 5) is 40.3. The summed E-state index contributed by atoms with van der Waals surface area (Å²) in [7, 11) is 0. The van der Waals surface area contributed by atoms with Crippen molar-refractivity contribution >= 4 is 23.9 Å². The molecule has 12 nitrogen and oxygen atoms in total. The lowest BCUT2D eigenvalue weighted by atomic mass is 10.0. The van der Waals surface area contributed by atoms with Gasteiger partial charge in [-0.3, -0.25) is 0 Å². The zero-order valence-corrected chi connectivity index (χ0v) is 23.2. The largest absolute Gasteiger partial charge is 0.544 e. The van der Waals surface area contributed by atoms with Crippen molar-refractivity contribution in [2.45, 2.75) is 117 Å². The third-order valence-electron chi connectivity index (χ3n) is 5.75. The van der Waals surface area contributed by atoms with Gasteiger partial charge in [-0.05, 0) is 25.7 Å². The zero-order valence-electron chi connectivity index (χ0n) is 23.2. The van der Waals surface area contributed by atoms with E-state index in [0.29, 0.717) is 12.8 Å². The quantitative estimate of drug-likeness (QED) is 0.169. The number of carboxylic acids is 4. The smallest absolute Gasteiger partial charge is 0.127 e. The summed E-state index contributed by atoms with van der Waals surface area (Å²) < 4.78 is 0. The predicted octanol–water partition coefficient (Wildman–Crippen LogP) is -6.14. The fourth-order valence-corrected chi connectivity index (χ4v) is 2.17. The maximum absolute atomic E-state index is 10.1. The van der Waals surface area contributed by atoms with Crippen LogP contribution in [0.15, 0.2) is 0 Å². The lowest BCUT2D eigenvalue weighted by Gasteiger charge is -2.14. The molecule has 0 amide bonds. The molecule has 0 unspecified atom stereocenters. The normalized spacial score (nSPS) is 14.9. The summed E-state index contributed by atoms with van der Waals surface area (Å²) >= 11 is 0. The fourth-order valence-electron chi connectivity index (χ4n) is 2.17. The topological polar surface area (TPSA) is 271 Å². The molecule has 0 aliphatic heterocycles. The number of carboxylic acid groups (broad SMARTS) is 4. The average molecular weight is 525 g/mol. The molecule has 36 heavy (non-hydrogen) atoms. The summed E-state index contributed by atoms with van der Waals surface area (Å²) in [6.07, 6.45) is 6.81. The SMILES string of the molecule is CCCC[C@@H]([NH3+])C(=O)[O-].CCCC[C@@H]([NH3+])C(=O)[O-].CC[C@H](C)[C@H]([NH3+])C(=O)[O-].CC[C@H](C)[C@H]([NH3+])C(=O)[O-]. The predicted molar refractivity (Wildman–Crippen MR) is 125 cm³/mol. The molecule has 0 aromatic heterocycles. The number of aliphatic carboxylic acids is 4. The minimum absolute atomic E-state index is 0.120. The second-order valence-electron chi connectivity index (χ2n) is 8.94. The first-order valence-electron chi connectivity index (χ1n) is 12.7. The Morgan fingerprint density at radius 1 is 0.556 bits per heavy atom. The van der Waals surface area contributed by atoms with Crippen molar-refractivity contribution in [3.8, 4) is 0 Å². The highest BCUT2D eigenvalue weighted by Crippen LogP contribution is 2.02. The van der Waals surface area contributed by atoms with Crippen molar-refractivity contribution in [3.63, 3.8) is 0 Å². The van der Waals surface area contributed by atoms with Crippen molar-refractivity contribution < 1.29 is 62.5 Å². The van der Waals surface area contributed by atoms with E-state index in [1.807, 2.05) is 41.5 Å². The first-order valence-corrected chi connectivity index (χ1v) is 12.7. The van der Waals surface area contributed by atoms with E-state index in [0.717, 1.165) is 38.5 Å². The third-order valence-corrected chi connectivity index (χ3v) is 5.75.